The molecule has 5 heteroatoms. The van der Waals surface area contributed by atoms with Crippen LogP contribution in [0.15, 0.2) is 54.9 Å². The first-order chi connectivity index (χ1) is 9.74. The van der Waals surface area contributed by atoms with Gasteiger partial charge in [-0.25, -0.2) is 9.97 Å². The van der Waals surface area contributed by atoms with Gasteiger partial charge in [-0.1, -0.05) is 24.3 Å². The molecule has 106 valence electrons. The van der Waals surface area contributed by atoms with Gasteiger partial charge in [-0.05, 0) is 31.2 Å². The average molecular weight is 299 g/mol. The molecule has 1 heterocycles. The number of halogens is 1. The number of aromatic nitrogens is 2. The van der Waals surface area contributed by atoms with Gasteiger partial charge in [-0.3, -0.25) is 4.79 Å². The number of nitrogens with one attached hydrogen (secondary N) is 1. The van der Waals surface area contributed by atoms with Crippen LogP contribution < -0.4 is 17.7 Å². The summed E-state index contributed by atoms with van der Waals surface area (Å²) in [5, 5.41) is 4.19. The summed E-state index contributed by atoms with van der Waals surface area (Å²) in [7, 11) is 0. The van der Waals surface area contributed by atoms with E-state index in [0.717, 1.165) is 22.4 Å². The number of Topliss-reactive ketones (excluding diaryl/α,β-unsaturated/α-hetero) is 1. The van der Waals surface area contributed by atoms with Crippen molar-refractivity contribution in [2.45, 2.75) is 6.92 Å². The molecule has 1 N–H and O–H groups in total. The number of carbonyl (C=O) groups is 1. The molecule has 0 saturated carbocycles. The molecule has 0 radical (unpaired) electrons. The van der Waals surface area contributed by atoms with Crippen LogP contribution >= 0.6 is 0 Å². The summed E-state index contributed by atoms with van der Waals surface area (Å²) >= 11 is 0. The van der Waals surface area contributed by atoms with Gasteiger partial charge in [0.25, 0.3) is 0 Å². The summed E-state index contributed by atoms with van der Waals surface area (Å²) < 4.78 is 0. The molecule has 21 heavy (non-hydrogen) atoms. The molecule has 0 aliphatic carbocycles. The first-order valence-corrected chi connectivity index (χ1v) is 6.32. The van der Waals surface area contributed by atoms with Gasteiger partial charge in [0.05, 0.1) is 5.52 Å². The third kappa shape index (κ3) is 3.17. The van der Waals surface area contributed by atoms with E-state index in [1.807, 2.05) is 42.5 Å². The van der Waals surface area contributed by atoms with E-state index in [2.05, 4.69) is 15.3 Å². The SMILES string of the molecule is CC(=O)c1cccc(Nc2ncnc3ccccc23)c1.[Cl-]. The Bertz CT molecular complexity index is 784. The third-order valence-corrected chi connectivity index (χ3v) is 3.07. The van der Waals surface area contributed by atoms with Gasteiger partial charge in [0.2, 0.25) is 0 Å². The van der Waals surface area contributed by atoms with E-state index in [1.165, 1.54) is 6.33 Å². The van der Waals surface area contributed by atoms with Crippen molar-refractivity contribution in [1.82, 2.24) is 9.97 Å². The maximum absolute atomic E-state index is 11.4. The Morgan fingerprint density at radius 1 is 1.05 bits per heavy atom. The summed E-state index contributed by atoms with van der Waals surface area (Å²) in [5.74, 6) is 0.775. The molecule has 1 aromatic heterocycles. The van der Waals surface area contributed by atoms with E-state index >= 15 is 0 Å². The largest absolute Gasteiger partial charge is 1.00 e. The zero-order valence-electron chi connectivity index (χ0n) is 11.4. The van der Waals surface area contributed by atoms with E-state index < -0.39 is 0 Å². The Hall–Kier alpha value is -2.46. The molecule has 0 unspecified atom stereocenters. The fourth-order valence-electron chi connectivity index (χ4n) is 2.06. The molecule has 0 amide bonds. The number of nitrogens with zero attached hydrogens (tertiary/aromatic N) is 2. The van der Waals surface area contributed by atoms with Gasteiger partial charge in [-0.15, -0.1) is 0 Å². The van der Waals surface area contributed by atoms with Crippen molar-refractivity contribution in [3.8, 4) is 0 Å². The molecule has 0 saturated heterocycles. The van der Waals surface area contributed by atoms with Crippen LogP contribution in [0.25, 0.3) is 10.9 Å². The average Bonchev–Trinajstić information content (AvgIpc) is 2.48. The molecule has 0 aliphatic heterocycles. The van der Waals surface area contributed by atoms with E-state index in [4.69, 9.17) is 0 Å². The highest BCUT2D eigenvalue weighted by Gasteiger charge is 2.05. The van der Waals surface area contributed by atoms with Crippen molar-refractivity contribution in [2.24, 2.45) is 0 Å². The third-order valence-electron chi connectivity index (χ3n) is 3.07. The van der Waals surface area contributed by atoms with Gasteiger partial charge in [0.1, 0.15) is 12.1 Å². The summed E-state index contributed by atoms with van der Waals surface area (Å²) in [6, 6.07) is 15.2. The number of ketones is 1. The van der Waals surface area contributed by atoms with Gasteiger partial charge < -0.3 is 17.7 Å². The highest BCUT2D eigenvalue weighted by molar-refractivity contribution is 5.96. The lowest BCUT2D eigenvalue weighted by molar-refractivity contribution is -0.0000121. The number of fused-ring (bicyclic) bond motifs is 1. The maximum atomic E-state index is 11.4. The number of rotatable bonds is 3. The number of hydrogen-bond acceptors (Lipinski definition) is 4. The van der Waals surface area contributed by atoms with Crippen LogP contribution in [-0.2, 0) is 0 Å². The lowest BCUT2D eigenvalue weighted by atomic mass is 10.1. The lowest BCUT2D eigenvalue weighted by Gasteiger charge is -2.08. The quantitative estimate of drug-likeness (QED) is 0.719. The van der Waals surface area contributed by atoms with Crippen LogP contribution in [0.4, 0.5) is 11.5 Å². The molecule has 0 bridgehead atoms. The zero-order valence-corrected chi connectivity index (χ0v) is 12.1. The topological polar surface area (TPSA) is 54.9 Å². The van der Waals surface area contributed by atoms with Gasteiger partial charge in [0, 0.05) is 16.6 Å². The van der Waals surface area contributed by atoms with Crippen molar-refractivity contribution in [2.75, 3.05) is 5.32 Å². The second-order valence-corrected chi connectivity index (χ2v) is 4.50. The molecule has 0 spiro atoms. The predicted octanol–water partition coefficient (Wildman–Crippen LogP) is 0.580. The van der Waals surface area contributed by atoms with Crippen molar-refractivity contribution in [1.29, 1.82) is 0 Å². The number of carbonyl (C=O) groups excluding carboxylic acids is 1. The van der Waals surface area contributed by atoms with Gasteiger partial charge in [-0.2, -0.15) is 0 Å². The van der Waals surface area contributed by atoms with Crippen molar-refractivity contribution < 1.29 is 17.2 Å². The highest BCUT2D eigenvalue weighted by Crippen LogP contribution is 2.23. The normalized spacial score (nSPS) is 9.95. The fourth-order valence-corrected chi connectivity index (χ4v) is 2.06. The molecular weight excluding hydrogens is 286 g/mol. The summed E-state index contributed by atoms with van der Waals surface area (Å²) in [6.07, 6.45) is 1.53. The number of para-hydroxylation sites is 1. The molecule has 3 rings (SSSR count). The van der Waals surface area contributed by atoms with E-state index in [0.29, 0.717) is 5.56 Å². The first kappa shape index (κ1) is 14.9. The van der Waals surface area contributed by atoms with Gasteiger partial charge >= 0.3 is 0 Å². The van der Waals surface area contributed by atoms with Crippen LogP contribution in [0.5, 0.6) is 0 Å². The number of benzene rings is 2. The van der Waals surface area contributed by atoms with Gasteiger partial charge in [0.15, 0.2) is 5.78 Å². The Morgan fingerprint density at radius 3 is 2.67 bits per heavy atom. The van der Waals surface area contributed by atoms with Crippen molar-refractivity contribution in [3.05, 3.63) is 60.4 Å². The number of anilines is 2. The van der Waals surface area contributed by atoms with E-state index in [1.54, 1.807) is 13.0 Å². The van der Waals surface area contributed by atoms with Crippen molar-refractivity contribution >= 4 is 28.2 Å². The monoisotopic (exact) mass is 298 g/mol. The van der Waals surface area contributed by atoms with Crippen molar-refractivity contribution in [3.63, 3.8) is 0 Å². The van der Waals surface area contributed by atoms with Crippen LogP contribution in [-0.4, -0.2) is 15.8 Å². The number of hydrogen-bond donors (Lipinski definition) is 1. The molecule has 2 aromatic carbocycles. The minimum atomic E-state index is 0. The summed E-state index contributed by atoms with van der Waals surface area (Å²) in [4.78, 5) is 19.9. The lowest BCUT2D eigenvalue weighted by Crippen LogP contribution is -3.00. The predicted molar refractivity (Wildman–Crippen MR) is 79.3 cm³/mol. The maximum Gasteiger partial charge on any atom is 0.159 e. The van der Waals surface area contributed by atoms with Crippen LogP contribution in [0.3, 0.4) is 0 Å². The minimum absolute atomic E-state index is 0. The standard InChI is InChI=1S/C16H13N3O.ClH/c1-11(20)12-5-4-6-13(9-12)19-16-14-7-2-3-8-15(14)17-10-18-16;/h2-10H,1H3,(H,17,18,19);1H/p-1. The highest BCUT2D eigenvalue weighted by atomic mass is 35.5. The zero-order chi connectivity index (χ0) is 13.9. The fraction of sp³-hybridized carbons (Fsp3) is 0.0625. The molecule has 0 atom stereocenters. The molecule has 0 aliphatic rings. The van der Waals surface area contributed by atoms with Crippen LogP contribution in [0, 0.1) is 0 Å². The molecule has 3 aromatic rings. The molecular formula is C16H13ClN3O-. The second-order valence-electron chi connectivity index (χ2n) is 4.50. The Morgan fingerprint density at radius 2 is 1.86 bits per heavy atom. The van der Waals surface area contributed by atoms with Crippen LogP contribution in [0.2, 0.25) is 0 Å². The van der Waals surface area contributed by atoms with E-state index in [9.17, 15) is 4.79 Å². The summed E-state index contributed by atoms with van der Waals surface area (Å²) in [6.45, 7) is 1.55. The van der Waals surface area contributed by atoms with Crippen LogP contribution in [0.1, 0.15) is 17.3 Å². The summed E-state index contributed by atoms with van der Waals surface area (Å²) in [5.41, 5.74) is 2.39. The molecule has 4 nitrogen and oxygen atoms in total. The second kappa shape index (κ2) is 6.33. The Balaban J connectivity index is 0.00000161. The Kier molecular flexibility index (Phi) is 4.50. The Labute approximate surface area is 128 Å². The van der Waals surface area contributed by atoms with E-state index in [-0.39, 0.29) is 18.2 Å². The smallest absolute Gasteiger partial charge is 0.159 e. The minimum Gasteiger partial charge on any atom is -1.00 e. The first-order valence-electron chi connectivity index (χ1n) is 6.32. The molecule has 0 fully saturated rings.